The Morgan fingerprint density at radius 3 is 2.52 bits per heavy atom. The minimum absolute atomic E-state index is 0.152. The van der Waals surface area contributed by atoms with Gasteiger partial charge in [-0.3, -0.25) is 4.90 Å². The monoisotopic (exact) mass is 289 g/mol. The van der Waals surface area contributed by atoms with Crippen LogP contribution in [0, 0.1) is 0 Å². The number of nitrogens with zero attached hydrogens (tertiary/aromatic N) is 2. The highest BCUT2D eigenvalue weighted by Gasteiger charge is 2.35. The summed E-state index contributed by atoms with van der Waals surface area (Å²) >= 11 is 0. The quantitative estimate of drug-likeness (QED) is 0.904. The molecule has 2 rings (SSSR count). The lowest BCUT2D eigenvalue weighted by Gasteiger charge is -2.41. The summed E-state index contributed by atoms with van der Waals surface area (Å²) in [6.07, 6.45) is 3.62. The van der Waals surface area contributed by atoms with E-state index >= 15 is 0 Å². The summed E-state index contributed by atoms with van der Waals surface area (Å²) in [6, 6.07) is 11.4. The van der Waals surface area contributed by atoms with Crippen molar-refractivity contribution in [1.29, 1.82) is 0 Å². The van der Waals surface area contributed by atoms with Gasteiger partial charge in [-0.15, -0.1) is 0 Å². The summed E-state index contributed by atoms with van der Waals surface area (Å²) in [5.74, 6) is 0. The predicted octanol–water partition coefficient (Wildman–Crippen LogP) is 2.71. The van der Waals surface area contributed by atoms with Gasteiger partial charge in [-0.2, -0.15) is 0 Å². The number of hydrogen-bond donors (Lipinski definition) is 1. The third-order valence-electron chi connectivity index (χ3n) is 5.13. The molecule has 0 radical (unpaired) electrons. The molecule has 1 atom stereocenters. The lowest BCUT2D eigenvalue weighted by Crippen LogP contribution is -2.52. The molecule has 1 fully saturated rings. The summed E-state index contributed by atoms with van der Waals surface area (Å²) in [5, 5.41) is 0. The summed E-state index contributed by atoms with van der Waals surface area (Å²) < 4.78 is 0. The zero-order chi connectivity index (χ0) is 15.3. The van der Waals surface area contributed by atoms with Crippen LogP contribution >= 0.6 is 0 Å². The van der Waals surface area contributed by atoms with Gasteiger partial charge >= 0.3 is 0 Å². The lowest BCUT2D eigenvalue weighted by atomic mass is 9.88. The van der Waals surface area contributed by atoms with E-state index in [2.05, 4.69) is 61.0 Å². The van der Waals surface area contributed by atoms with Crippen LogP contribution in [0.4, 0.5) is 0 Å². The summed E-state index contributed by atoms with van der Waals surface area (Å²) in [4.78, 5) is 5.08. The summed E-state index contributed by atoms with van der Waals surface area (Å²) in [7, 11) is 2.24. The molecule has 0 amide bonds. The number of rotatable bonds is 5. The van der Waals surface area contributed by atoms with E-state index in [1.54, 1.807) is 0 Å². The fourth-order valence-electron chi connectivity index (χ4n) is 3.48. The molecule has 1 aliphatic rings. The summed E-state index contributed by atoms with van der Waals surface area (Å²) in [5.41, 5.74) is 7.75. The van der Waals surface area contributed by atoms with Crippen molar-refractivity contribution in [1.82, 2.24) is 9.80 Å². The Hall–Kier alpha value is -0.900. The predicted molar refractivity (Wildman–Crippen MR) is 90.3 cm³/mol. The zero-order valence-electron chi connectivity index (χ0n) is 13.9. The molecule has 0 aliphatic carbocycles. The third kappa shape index (κ3) is 4.06. The molecule has 1 aromatic carbocycles. The maximum Gasteiger partial charge on any atom is 0.0344 e. The van der Waals surface area contributed by atoms with Crippen LogP contribution in [0.15, 0.2) is 30.3 Å². The highest BCUT2D eigenvalue weighted by Crippen LogP contribution is 2.29. The highest BCUT2D eigenvalue weighted by atomic mass is 15.2. The minimum atomic E-state index is 0.152. The molecule has 3 heteroatoms. The van der Waals surface area contributed by atoms with Gasteiger partial charge < -0.3 is 10.6 Å². The van der Waals surface area contributed by atoms with Crippen LogP contribution < -0.4 is 5.73 Å². The second-order valence-corrected chi connectivity index (χ2v) is 6.75. The third-order valence-corrected chi connectivity index (χ3v) is 5.13. The van der Waals surface area contributed by atoms with Gasteiger partial charge in [-0.1, -0.05) is 30.3 Å². The molecule has 21 heavy (non-hydrogen) atoms. The first-order valence-corrected chi connectivity index (χ1v) is 8.27. The molecular weight excluding hydrogens is 258 g/mol. The normalized spacial score (nSPS) is 24.5. The van der Waals surface area contributed by atoms with Gasteiger partial charge in [0.15, 0.2) is 0 Å². The van der Waals surface area contributed by atoms with Crippen molar-refractivity contribution in [2.45, 2.75) is 51.2 Å². The Kier molecular flexibility index (Phi) is 5.80. The minimum Gasteiger partial charge on any atom is -0.329 e. The molecule has 0 aromatic heterocycles. The SMILES string of the molecule is CC(C)N1CCCC(CN)(N(C)Cc2ccccc2)CC1. The van der Waals surface area contributed by atoms with Gasteiger partial charge in [0.1, 0.15) is 0 Å². The van der Waals surface area contributed by atoms with Gasteiger partial charge in [0.25, 0.3) is 0 Å². The maximum atomic E-state index is 6.22. The number of likely N-dealkylation sites (tertiary alicyclic amines) is 1. The average molecular weight is 289 g/mol. The Morgan fingerprint density at radius 1 is 1.19 bits per heavy atom. The van der Waals surface area contributed by atoms with E-state index in [0.29, 0.717) is 6.04 Å². The molecule has 0 bridgehead atoms. The second kappa shape index (κ2) is 7.39. The van der Waals surface area contributed by atoms with E-state index in [9.17, 15) is 0 Å². The topological polar surface area (TPSA) is 32.5 Å². The average Bonchev–Trinajstić information content (AvgIpc) is 2.71. The molecule has 118 valence electrons. The van der Waals surface area contributed by atoms with Crippen molar-refractivity contribution in [3.8, 4) is 0 Å². The van der Waals surface area contributed by atoms with Crippen molar-refractivity contribution >= 4 is 0 Å². The fourth-order valence-corrected chi connectivity index (χ4v) is 3.48. The Labute approximate surface area is 130 Å². The van der Waals surface area contributed by atoms with Crippen LogP contribution in [0.3, 0.4) is 0 Å². The Balaban J connectivity index is 2.06. The molecule has 1 heterocycles. The molecule has 3 nitrogen and oxygen atoms in total. The van der Waals surface area contributed by atoms with Crippen molar-refractivity contribution < 1.29 is 0 Å². The smallest absolute Gasteiger partial charge is 0.0344 e. The van der Waals surface area contributed by atoms with Crippen LogP contribution in [0.5, 0.6) is 0 Å². The lowest BCUT2D eigenvalue weighted by molar-refractivity contribution is 0.0974. The zero-order valence-corrected chi connectivity index (χ0v) is 13.9. The van der Waals surface area contributed by atoms with Gasteiger partial charge in [-0.25, -0.2) is 0 Å². The van der Waals surface area contributed by atoms with Crippen molar-refractivity contribution in [3.05, 3.63) is 35.9 Å². The first-order valence-electron chi connectivity index (χ1n) is 8.27. The molecule has 0 saturated carbocycles. The molecule has 1 unspecified atom stereocenters. The van der Waals surface area contributed by atoms with E-state index in [0.717, 1.165) is 19.6 Å². The molecule has 0 spiro atoms. The Morgan fingerprint density at radius 2 is 1.90 bits per heavy atom. The van der Waals surface area contributed by atoms with Crippen LogP contribution in [-0.4, -0.2) is 48.1 Å². The van der Waals surface area contributed by atoms with Gasteiger partial charge in [0.05, 0.1) is 0 Å². The molecule has 1 aliphatic heterocycles. The van der Waals surface area contributed by atoms with Crippen LogP contribution in [0.25, 0.3) is 0 Å². The standard InChI is InChI=1S/C18H31N3/c1-16(2)21-12-7-10-18(15-19,11-13-21)20(3)14-17-8-5-4-6-9-17/h4-6,8-9,16H,7,10-15,19H2,1-3H3. The maximum absolute atomic E-state index is 6.22. The largest absolute Gasteiger partial charge is 0.329 e. The van der Waals surface area contributed by atoms with Crippen molar-refractivity contribution in [2.24, 2.45) is 5.73 Å². The molecule has 2 N–H and O–H groups in total. The van der Waals surface area contributed by atoms with Crippen LogP contribution in [0.1, 0.15) is 38.7 Å². The van der Waals surface area contributed by atoms with Crippen LogP contribution in [-0.2, 0) is 6.54 Å². The number of likely N-dealkylation sites (N-methyl/N-ethyl adjacent to an activating group) is 1. The second-order valence-electron chi connectivity index (χ2n) is 6.75. The number of benzene rings is 1. The number of hydrogen-bond acceptors (Lipinski definition) is 3. The fraction of sp³-hybridized carbons (Fsp3) is 0.667. The van der Waals surface area contributed by atoms with Crippen LogP contribution in [0.2, 0.25) is 0 Å². The van der Waals surface area contributed by atoms with E-state index in [4.69, 9.17) is 5.73 Å². The Bertz CT molecular complexity index is 418. The van der Waals surface area contributed by atoms with Gasteiger partial charge in [-0.05, 0) is 52.3 Å². The van der Waals surface area contributed by atoms with E-state index in [1.165, 1.54) is 31.4 Å². The highest BCUT2D eigenvalue weighted by molar-refractivity contribution is 5.15. The molecular formula is C18H31N3. The van der Waals surface area contributed by atoms with E-state index in [1.807, 2.05) is 0 Å². The number of nitrogens with two attached hydrogens (primary N) is 1. The first-order chi connectivity index (χ1) is 10.1. The van der Waals surface area contributed by atoms with Crippen molar-refractivity contribution in [3.63, 3.8) is 0 Å². The van der Waals surface area contributed by atoms with Gasteiger partial charge in [0, 0.05) is 31.2 Å². The first kappa shape index (κ1) is 16.5. The van der Waals surface area contributed by atoms with Crippen molar-refractivity contribution in [2.75, 3.05) is 26.7 Å². The molecule has 1 aromatic rings. The van der Waals surface area contributed by atoms with E-state index < -0.39 is 0 Å². The van der Waals surface area contributed by atoms with Gasteiger partial charge in [0.2, 0.25) is 0 Å². The summed E-state index contributed by atoms with van der Waals surface area (Å²) in [6.45, 7) is 8.70. The molecule has 1 saturated heterocycles. The van der Waals surface area contributed by atoms with E-state index in [-0.39, 0.29) is 5.54 Å².